The van der Waals surface area contributed by atoms with Crippen molar-refractivity contribution in [3.63, 3.8) is 0 Å². The number of hydrogen-bond donors (Lipinski definition) is 0. The SMILES string of the molecule is O=C1CCC/C=C\C[C@H]2C=C(F)C(=O)/C2=C/C[C@H](CCCCCF)O1. The first-order chi connectivity index (χ1) is 12.1. The highest BCUT2D eigenvalue weighted by Gasteiger charge is 2.29. The van der Waals surface area contributed by atoms with Crippen LogP contribution in [-0.4, -0.2) is 24.5 Å². The molecule has 25 heavy (non-hydrogen) atoms. The number of halogens is 2. The molecule has 0 spiro atoms. The van der Waals surface area contributed by atoms with E-state index in [0.29, 0.717) is 44.1 Å². The molecule has 0 aromatic carbocycles. The summed E-state index contributed by atoms with van der Waals surface area (Å²) < 4.78 is 31.4. The van der Waals surface area contributed by atoms with Crippen LogP contribution in [0.5, 0.6) is 0 Å². The summed E-state index contributed by atoms with van der Waals surface area (Å²) in [7, 11) is 0. The van der Waals surface area contributed by atoms with E-state index in [1.165, 1.54) is 6.08 Å². The summed E-state index contributed by atoms with van der Waals surface area (Å²) in [4.78, 5) is 24.0. The van der Waals surface area contributed by atoms with Gasteiger partial charge >= 0.3 is 5.97 Å². The minimum atomic E-state index is -0.701. The summed E-state index contributed by atoms with van der Waals surface area (Å²) in [5.74, 6) is -1.75. The Hall–Kier alpha value is -1.78. The van der Waals surface area contributed by atoms with Crippen LogP contribution in [-0.2, 0) is 14.3 Å². The number of ether oxygens (including phenoxy) is 1. The van der Waals surface area contributed by atoms with Gasteiger partial charge in [-0.05, 0) is 44.6 Å². The van der Waals surface area contributed by atoms with E-state index < -0.39 is 11.6 Å². The number of ketones is 1. The number of allylic oxidation sites excluding steroid dienone is 5. The topological polar surface area (TPSA) is 43.4 Å². The van der Waals surface area contributed by atoms with E-state index in [2.05, 4.69) is 0 Å². The number of alkyl halides is 1. The molecule has 0 aromatic heterocycles. The van der Waals surface area contributed by atoms with E-state index in [0.717, 1.165) is 19.3 Å². The van der Waals surface area contributed by atoms with Gasteiger partial charge in [0, 0.05) is 24.3 Å². The number of Topliss-reactive ketones (excluding diaryl/α,β-unsaturated/α-hetero) is 1. The highest BCUT2D eigenvalue weighted by molar-refractivity contribution is 6.09. The van der Waals surface area contributed by atoms with E-state index in [1.807, 2.05) is 12.2 Å². The van der Waals surface area contributed by atoms with Crippen molar-refractivity contribution >= 4 is 11.8 Å². The highest BCUT2D eigenvalue weighted by atomic mass is 19.1. The Kier molecular flexibility index (Phi) is 8.02. The largest absolute Gasteiger partial charge is 0.462 e. The molecular formula is C20H26F2O3. The first-order valence-electron chi connectivity index (χ1n) is 9.14. The predicted molar refractivity (Wildman–Crippen MR) is 92.3 cm³/mol. The monoisotopic (exact) mass is 352 g/mol. The fraction of sp³-hybridized carbons (Fsp3) is 0.600. The van der Waals surface area contributed by atoms with Crippen LogP contribution in [0.15, 0.2) is 35.7 Å². The Morgan fingerprint density at radius 3 is 2.76 bits per heavy atom. The highest BCUT2D eigenvalue weighted by Crippen LogP contribution is 2.31. The van der Waals surface area contributed by atoms with Crippen molar-refractivity contribution in [1.29, 1.82) is 0 Å². The van der Waals surface area contributed by atoms with Crippen molar-refractivity contribution in [2.24, 2.45) is 5.92 Å². The van der Waals surface area contributed by atoms with E-state index >= 15 is 0 Å². The standard InChI is InChI=1S/C20H26F2O3/c21-13-7-3-5-9-16-11-12-17-15(14-18(22)20(17)24)8-4-1-2-6-10-19(23)25-16/h1,4,12,14-16H,2-3,5-11,13H2/b4-1-,17-12+/t15-,16-/m0/s1. The normalized spacial score (nSPS) is 28.6. The summed E-state index contributed by atoms with van der Waals surface area (Å²) in [6.45, 7) is -0.345. The molecule has 3 nitrogen and oxygen atoms in total. The molecule has 0 saturated heterocycles. The lowest BCUT2D eigenvalue weighted by Gasteiger charge is -2.17. The maximum atomic E-state index is 13.7. The Morgan fingerprint density at radius 2 is 1.96 bits per heavy atom. The zero-order chi connectivity index (χ0) is 18.1. The molecule has 0 bridgehead atoms. The lowest BCUT2D eigenvalue weighted by molar-refractivity contribution is -0.149. The fourth-order valence-electron chi connectivity index (χ4n) is 3.18. The second kappa shape index (κ2) is 10.3. The molecule has 0 saturated carbocycles. The molecule has 2 rings (SSSR count). The number of fused-ring (bicyclic) bond motifs is 1. The molecular weight excluding hydrogens is 326 g/mol. The Morgan fingerprint density at radius 1 is 1.12 bits per heavy atom. The maximum Gasteiger partial charge on any atom is 0.306 e. The number of carbonyl (C=O) groups excluding carboxylic acids is 2. The lowest BCUT2D eigenvalue weighted by Crippen LogP contribution is -2.18. The smallest absolute Gasteiger partial charge is 0.306 e. The van der Waals surface area contributed by atoms with Crippen LogP contribution < -0.4 is 0 Å². The minimum absolute atomic E-state index is 0.243. The van der Waals surface area contributed by atoms with Gasteiger partial charge in [0.1, 0.15) is 6.10 Å². The van der Waals surface area contributed by atoms with Crippen LogP contribution >= 0.6 is 0 Å². The maximum absolute atomic E-state index is 13.7. The quantitative estimate of drug-likeness (QED) is 0.400. The van der Waals surface area contributed by atoms with Crippen molar-refractivity contribution in [3.8, 4) is 0 Å². The van der Waals surface area contributed by atoms with Crippen molar-refractivity contribution in [1.82, 2.24) is 0 Å². The first-order valence-corrected chi connectivity index (χ1v) is 9.14. The van der Waals surface area contributed by atoms with Gasteiger partial charge in [0.15, 0.2) is 5.83 Å². The average Bonchev–Trinajstić information content (AvgIpc) is 2.86. The lowest BCUT2D eigenvalue weighted by atomic mass is 9.95. The van der Waals surface area contributed by atoms with E-state index in [-0.39, 0.29) is 24.7 Å². The van der Waals surface area contributed by atoms with Gasteiger partial charge in [0.25, 0.3) is 0 Å². The van der Waals surface area contributed by atoms with Crippen LogP contribution in [0.2, 0.25) is 0 Å². The molecule has 0 amide bonds. The van der Waals surface area contributed by atoms with Gasteiger partial charge < -0.3 is 4.74 Å². The number of unbranched alkanes of at least 4 members (excludes halogenated alkanes) is 2. The van der Waals surface area contributed by atoms with Gasteiger partial charge in [-0.3, -0.25) is 14.0 Å². The molecule has 0 radical (unpaired) electrons. The molecule has 0 aromatic rings. The Bertz CT molecular complexity index is 563. The fourth-order valence-corrected chi connectivity index (χ4v) is 3.18. The number of cyclic esters (lactones) is 1. The summed E-state index contributed by atoms with van der Waals surface area (Å²) in [5, 5.41) is 0. The second-order valence-corrected chi connectivity index (χ2v) is 6.59. The van der Waals surface area contributed by atoms with E-state index in [4.69, 9.17) is 4.74 Å². The zero-order valence-corrected chi connectivity index (χ0v) is 14.5. The molecule has 138 valence electrons. The summed E-state index contributed by atoms with van der Waals surface area (Å²) >= 11 is 0. The van der Waals surface area contributed by atoms with Crippen LogP contribution in [0.3, 0.4) is 0 Å². The van der Waals surface area contributed by atoms with Crippen molar-refractivity contribution < 1.29 is 23.1 Å². The molecule has 1 aliphatic carbocycles. The Balaban J connectivity index is 2.08. The number of hydrogen-bond acceptors (Lipinski definition) is 3. The molecule has 1 aliphatic heterocycles. The summed E-state index contributed by atoms with van der Waals surface area (Å²) in [6, 6.07) is 0. The predicted octanol–water partition coefficient (Wildman–Crippen LogP) is 4.93. The molecule has 5 heteroatoms. The van der Waals surface area contributed by atoms with Crippen molar-refractivity contribution in [3.05, 3.63) is 35.7 Å². The molecule has 1 heterocycles. The molecule has 2 atom stereocenters. The van der Waals surface area contributed by atoms with Gasteiger partial charge in [-0.2, -0.15) is 0 Å². The van der Waals surface area contributed by atoms with Gasteiger partial charge in [0.05, 0.1) is 6.67 Å². The van der Waals surface area contributed by atoms with Crippen LogP contribution in [0.4, 0.5) is 8.78 Å². The minimum Gasteiger partial charge on any atom is -0.462 e. The number of carbonyl (C=O) groups is 2. The summed E-state index contributed by atoms with van der Waals surface area (Å²) in [6.07, 6.45) is 12.1. The third-order valence-corrected chi connectivity index (χ3v) is 4.59. The zero-order valence-electron chi connectivity index (χ0n) is 14.5. The molecule has 0 fully saturated rings. The van der Waals surface area contributed by atoms with Crippen LogP contribution in [0.1, 0.15) is 57.8 Å². The second-order valence-electron chi connectivity index (χ2n) is 6.59. The van der Waals surface area contributed by atoms with E-state index in [1.54, 1.807) is 6.08 Å². The third-order valence-electron chi connectivity index (χ3n) is 4.59. The average molecular weight is 352 g/mol. The molecule has 0 unspecified atom stereocenters. The number of esters is 1. The van der Waals surface area contributed by atoms with Gasteiger partial charge in [-0.1, -0.05) is 24.6 Å². The van der Waals surface area contributed by atoms with Gasteiger partial charge in [-0.15, -0.1) is 0 Å². The molecule has 0 N–H and O–H groups in total. The van der Waals surface area contributed by atoms with E-state index in [9.17, 15) is 18.4 Å². The first kappa shape index (κ1) is 19.5. The summed E-state index contributed by atoms with van der Waals surface area (Å²) in [5.41, 5.74) is 0.450. The number of rotatable bonds is 5. The van der Waals surface area contributed by atoms with Gasteiger partial charge in [0.2, 0.25) is 5.78 Å². The van der Waals surface area contributed by atoms with Crippen molar-refractivity contribution in [2.45, 2.75) is 63.9 Å². The van der Waals surface area contributed by atoms with Crippen LogP contribution in [0, 0.1) is 5.92 Å². The third kappa shape index (κ3) is 6.22. The Labute approximate surface area is 147 Å². The van der Waals surface area contributed by atoms with Gasteiger partial charge in [-0.25, -0.2) is 4.39 Å². The molecule has 2 aliphatic rings. The van der Waals surface area contributed by atoms with Crippen molar-refractivity contribution in [2.75, 3.05) is 6.67 Å². The van der Waals surface area contributed by atoms with Crippen LogP contribution in [0.25, 0.3) is 0 Å².